The van der Waals surface area contributed by atoms with Gasteiger partial charge in [0.25, 0.3) is 0 Å². The largest absolute Gasteiger partial charge is 0.322 e. The van der Waals surface area contributed by atoms with Crippen LogP contribution in [-0.4, -0.2) is 56.3 Å². The molecule has 2 aromatic carbocycles. The molecule has 1 N–H and O–H groups in total. The first-order chi connectivity index (χ1) is 13.3. The van der Waals surface area contributed by atoms with Crippen molar-refractivity contribution >= 4 is 21.6 Å². The van der Waals surface area contributed by atoms with E-state index in [2.05, 4.69) is 5.32 Å². The monoisotopic (exact) mass is 405 g/mol. The number of para-hydroxylation sites is 1. The Bertz CT molecular complexity index is 970. The molecule has 0 bridgehead atoms. The highest BCUT2D eigenvalue weighted by Crippen LogP contribution is 2.22. The van der Waals surface area contributed by atoms with Gasteiger partial charge in [-0.1, -0.05) is 24.3 Å². The van der Waals surface area contributed by atoms with Gasteiger partial charge in [0.2, 0.25) is 15.9 Å². The van der Waals surface area contributed by atoms with Gasteiger partial charge < -0.3 is 5.32 Å². The number of carbonyl (C=O) groups is 1. The van der Waals surface area contributed by atoms with Gasteiger partial charge in [0.15, 0.2) is 0 Å². The third kappa shape index (κ3) is 4.57. The molecule has 28 heavy (non-hydrogen) atoms. The third-order valence-electron chi connectivity index (χ3n) is 4.81. The molecule has 1 aliphatic rings. The van der Waals surface area contributed by atoms with Crippen molar-refractivity contribution in [1.82, 2.24) is 9.21 Å². The van der Waals surface area contributed by atoms with Crippen molar-refractivity contribution in [2.75, 3.05) is 38.0 Å². The second kappa shape index (κ2) is 8.38. The molecule has 1 saturated heterocycles. The lowest BCUT2D eigenvalue weighted by molar-refractivity contribution is -0.117. The van der Waals surface area contributed by atoms with Gasteiger partial charge in [-0.3, -0.25) is 9.69 Å². The third-order valence-corrected chi connectivity index (χ3v) is 6.85. The molecule has 0 radical (unpaired) electrons. The van der Waals surface area contributed by atoms with E-state index < -0.39 is 15.8 Å². The number of sulfonamides is 1. The van der Waals surface area contributed by atoms with Crippen LogP contribution in [0.25, 0.3) is 0 Å². The molecule has 1 amide bonds. The normalized spacial score (nSPS) is 16.1. The Morgan fingerprint density at radius 2 is 1.75 bits per heavy atom. The molecule has 0 unspecified atom stereocenters. The first kappa shape index (κ1) is 20.4. The minimum absolute atomic E-state index is 0.0890. The van der Waals surface area contributed by atoms with Crippen LogP contribution in [0.5, 0.6) is 0 Å². The predicted octanol–water partition coefficient (Wildman–Crippen LogP) is 2.39. The van der Waals surface area contributed by atoms with Crippen molar-refractivity contribution in [1.29, 1.82) is 0 Å². The van der Waals surface area contributed by atoms with Gasteiger partial charge in [-0.15, -0.1) is 0 Å². The van der Waals surface area contributed by atoms with Crippen LogP contribution in [0.4, 0.5) is 10.1 Å². The molecular weight excluding hydrogens is 381 g/mol. The number of carbonyl (C=O) groups excluding carboxylic acids is 1. The first-order valence-corrected chi connectivity index (χ1v) is 10.6. The summed E-state index contributed by atoms with van der Waals surface area (Å²) in [5.41, 5.74) is 1.76. The molecular formula is C20H24FN3O3S. The Kier molecular flexibility index (Phi) is 6.12. The van der Waals surface area contributed by atoms with Crippen LogP contribution in [-0.2, 0) is 14.8 Å². The fourth-order valence-electron chi connectivity index (χ4n) is 3.21. The van der Waals surface area contributed by atoms with E-state index >= 15 is 0 Å². The van der Waals surface area contributed by atoms with E-state index in [1.54, 1.807) is 25.1 Å². The molecule has 0 saturated carbocycles. The topological polar surface area (TPSA) is 69.7 Å². The lowest BCUT2D eigenvalue weighted by Gasteiger charge is -2.33. The number of piperazine rings is 1. The molecule has 1 aliphatic heterocycles. The van der Waals surface area contributed by atoms with Gasteiger partial charge in [-0.25, -0.2) is 12.8 Å². The number of aryl methyl sites for hydroxylation is 2. The molecule has 3 rings (SSSR count). The number of rotatable bonds is 5. The Hall–Kier alpha value is -2.29. The first-order valence-electron chi connectivity index (χ1n) is 9.11. The van der Waals surface area contributed by atoms with Crippen LogP contribution < -0.4 is 5.32 Å². The standard InChI is InChI=1S/C20H24FN3O3S/c1-15-7-8-16(2)19(13-15)28(26,27)24-11-9-23(10-12-24)14-20(25)22-18-6-4-3-5-17(18)21/h3-8,13H,9-12,14H2,1-2H3,(H,22,25). The van der Waals surface area contributed by atoms with Crippen molar-refractivity contribution < 1.29 is 17.6 Å². The number of hydrogen-bond acceptors (Lipinski definition) is 4. The van der Waals surface area contributed by atoms with Crippen molar-refractivity contribution in [2.45, 2.75) is 18.7 Å². The van der Waals surface area contributed by atoms with E-state index in [0.29, 0.717) is 31.1 Å². The minimum atomic E-state index is -3.56. The summed E-state index contributed by atoms with van der Waals surface area (Å²) < 4.78 is 41.0. The average molecular weight is 405 g/mol. The maximum absolute atomic E-state index is 13.6. The summed E-state index contributed by atoms with van der Waals surface area (Å²) in [6.07, 6.45) is 0. The van der Waals surface area contributed by atoms with Crippen LogP contribution in [0.2, 0.25) is 0 Å². The molecule has 0 spiro atoms. The lowest BCUT2D eigenvalue weighted by Crippen LogP contribution is -2.50. The fraction of sp³-hybridized carbons (Fsp3) is 0.350. The highest BCUT2D eigenvalue weighted by Gasteiger charge is 2.30. The van der Waals surface area contributed by atoms with E-state index in [1.165, 1.54) is 16.4 Å². The molecule has 6 nitrogen and oxygen atoms in total. The molecule has 8 heteroatoms. The molecule has 0 aromatic heterocycles. The smallest absolute Gasteiger partial charge is 0.243 e. The van der Waals surface area contributed by atoms with Gasteiger partial charge in [-0.05, 0) is 43.2 Å². The number of anilines is 1. The quantitative estimate of drug-likeness (QED) is 0.829. The predicted molar refractivity (Wildman–Crippen MR) is 106 cm³/mol. The number of amides is 1. The van der Waals surface area contributed by atoms with E-state index in [0.717, 1.165) is 11.1 Å². The molecule has 150 valence electrons. The lowest BCUT2D eigenvalue weighted by atomic mass is 10.2. The highest BCUT2D eigenvalue weighted by molar-refractivity contribution is 7.89. The maximum Gasteiger partial charge on any atom is 0.243 e. The van der Waals surface area contributed by atoms with Gasteiger partial charge in [-0.2, -0.15) is 4.31 Å². The summed E-state index contributed by atoms with van der Waals surface area (Å²) in [5.74, 6) is -0.809. The van der Waals surface area contributed by atoms with Gasteiger partial charge in [0.1, 0.15) is 5.82 Å². The van der Waals surface area contributed by atoms with Crippen LogP contribution >= 0.6 is 0 Å². The van der Waals surface area contributed by atoms with Crippen molar-refractivity contribution in [3.05, 3.63) is 59.4 Å². The average Bonchev–Trinajstić information content (AvgIpc) is 2.66. The highest BCUT2D eigenvalue weighted by atomic mass is 32.2. The summed E-state index contributed by atoms with van der Waals surface area (Å²) in [6.45, 7) is 5.24. The number of hydrogen-bond donors (Lipinski definition) is 1. The number of benzene rings is 2. The van der Waals surface area contributed by atoms with Gasteiger partial charge in [0, 0.05) is 26.2 Å². The SMILES string of the molecule is Cc1ccc(C)c(S(=O)(=O)N2CCN(CC(=O)Nc3ccccc3F)CC2)c1. The Morgan fingerprint density at radius 3 is 2.43 bits per heavy atom. The molecule has 1 fully saturated rings. The zero-order valence-electron chi connectivity index (χ0n) is 16.0. The Balaban J connectivity index is 1.59. The summed E-state index contributed by atoms with van der Waals surface area (Å²) in [4.78, 5) is 14.4. The maximum atomic E-state index is 13.6. The van der Waals surface area contributed by atoms with Crippen molar-refractivity contribution in [3.8, 4) is 0 Å². The summed E-state index contributed by atoms with van der Waals surface area (Å²) >= 11 is 0. The fourth-order valence-corrected chi connectivity index (χ4v) is 4.94. The van der Waals surface area contributed by atoms with Crippen molar-refractivity contribution in [2.24, 2.45) is 0 Å². The molecule has 0 atom stereocenters. The molecule has 0 aliphatic carbocycles. The van der Waals surface area contributed by atoms with Gasteiger partial charge in [0.05, 0.1) is 17.1 Å². The van der Waals surface area contributed by atoms with Crippen LogP contribution in [0.15, 0.2) is 47.4 Å². The number of nitrogens with one attached hydrogen (secondary N) is 1. The minimum Gasteiger partial charge on any atom is -0.322 e. The van der Waals surface area contributed by atoms with E-state index in [1.807, 2.05) is 24.0 Å². The second-order valence-corrected chi connectivity index (χ2v) is 8.88. The number of nitrogens with zero attached hydrogens (tertiary/aromatic N) is 2. The van der Waals surface area contributed by atoms with E-state index in [-0.39, 0.29) is 18.1 Å². The Morgan fingerprint density at radius 1 is 1.07 bits per heavy atom. The van der Waals surface area contributed by atoms with Crippen molar-refractivity contribution in [3.63, 3.8) is 0 Å². The van der Waals surface area contributed by atoms with Crippen LogP contribution in [0, 0.1) is 19.7 Å². The zero-order valence-corrected chi connectivity index (χ0v) is 16.8. The van der Waals surface area contributed by atoms with E-state index in [4.69, 9.17) is 0 Å². The molecule has 1 heterocycles. The number of halogens is 1. The summed E-state index contributed by atoms with van der Waals surface area (Å²) in [5, 5.41) is 2.55. The van der Waals surface area contributed by atoms with Crippen LogP contribution in [0.1, 0.15) is 11.1 Å². The molecule has 2 aromatic rings. The van der Waals surface area contributed by atoms with Crippen LogP contribution in [0.3, 0.4) is 0 Å². The summed E-state index contributed by atoms with van der Waals surface area (Å²) in [6, 6.07) is 11.4. The Labute approximate surface area is 165 Å². The van der Waals surface area contributed by atoms with Gasteiger partial charge >= 0.3 is 0 Å². The zero-order chi connectivity index (χ0) is 20.3. The van der Waals surface area contributed by atoms with E-state index in [9.17, 15) is 17.6 Å². The second-order valence-electron chi connectivity index (χ2n) is 6.98. The summed E-state index contributed by atoms with van der Waals surface area (Å²) in [7, 11) is -3.56.